The van der Waals surface area contributed by atoms with Crippen LogP contribution in [0.2, 0.25) is 5.02 Å². The molecule has 0 spiro atoms. The van der Waals surface area contributed by atoms with E-state index in [-0.39, 0.29) is 11.6 Å². The van der Waals surface area contributed by atoms with Gasteiger partial charge in [-0.2, -0.15) is 0 Å². The molecule has 0 aliphatic carbocycles. The van der Waals surface area contributed by atoms with E-state index in [0.717, 1.165) is 0 Å². The minimum Gasteiger partial charge on any atom is -0.480 e. The molecule has 1 aromatic carbocycles. The van der Waals surface area contributed by atoms with Crippen molar-refractivity contribution < 1.29 is 14.6 Å². The number of halogens is 1. The first-order chi connectivity index (χ1) is 9.57. The average molecular weight is 291 g/mol. The van der Waals surface area contributed by atoms with E-state index in [1.807, 2.05) is 0 Å². The van der Waals surface area contributed by atoms with Gasteiger partial charge in [0.15, 0.2) is 0 Å². The number of para-hydroxylation sites is 1. The smallest absolute Gasteiger partial charge is 0.267 e. The van der Waals surface area contributed by atoms with E-state index in [4.69, 9.17) is 16.3 Å². The van der Waals surface area contributed by atoms with Crippen LogP contribution in [0.15, 0.2) is 36.4 Å². The number of hydrogen-bond donors (Lipinski definition) is 2. The number of amides is 1. The van der Waals surface area contributed by atoms with E-state index in [2.05, 4.69) is 10.3 Å². The highest BCUT2D eigenvalue weighted by Gasteiger charge is 2.48. The van der Waals surface area contributed by atoms with Gasteiger partial charge in [-0.25, -0.2) is 4.98 Å². The maximum Gasteiger partial charge on any atom is 0.267 e. The molecule has 1 atom stereocenters. The SMILES string of the molecule is COc1nc(C2(O)C(=O)Nc3ccccc32)ccc1Cl. The van der Waals surface area contributed by atoms with Crippen molar-refractivity contribution in [2.45, 2.75) is 5.60 Å². The van der Waals surface area contributed by atoms with Gasteiger partial charge in [0.05, 0.1) is 12.8 Å². The Morgan fingerprint density at radius 3 is 2.80 bits per heavy atom. The van der Waals surface area contributed by atoms with E-state index in [1.54, 1.807) is 24.3 Å². The number of pyridine rings is 1. The molecule has 1 unspecified atom stereocenters. The first-order valence-electron chi connectivity index (χ1n) is 5.91. The Balaban J connectivity index is 2.20. The van der Waals surface area contributed by atoms with Crippen molar-refractivity contribution in [1.29, 1.82) is 0 Å². The molecule has 2 aromatic rings. The molecule has 3 rings (SSSR count). The highest BCUT2D eigenvalue weighted by Crippen LogP contribution is 2.40. The monoisotopic (exact) mass is 290 g/mol. The molecule has 0 saturated carbocycles. The number of aliphatic hydroxyl groups is 1. The van der Waals surface area contributed by atoms with Gasteiger partial charge in [-0.3, -0.25) is 4.79 Å². The molecule has 102 valence electrons. The van der Waals surface area contributed by atoms with Gasteiger partial charge in [0.1, 0.15) is 5.02 Å². The Kier molecular flexibility index (Phi) is 2.88. The Labute approximate surface area is 120 Å². The number of nitrogens with one attached hydrogen (secondary N) is 1. The van der Waals surface area contributed by atoms with Crippen LogP contribution in [0.1, 0.15) is 11.3 Å². The lowest BCUT2D eigenvalue weighted by molar-refractivity contribution is -0.130. The summed E-state index contributed by atoms with van der Waals surface area (Å²) in [6, 6.07) is 9.97. The molecule has 1 aliphatic heterocycles. The van der Waals surface area contributed by atoms with Crippen LogP contribution in [0.3, 0.4) is 0 Å². The maximum absolute atomic E-state index is 12.2. The quantitative estimate of drug-likeness (QED) is 0.886. The summed E-state index contributed by atoms with van der Waals surface area (Å²) in [5, 5.41) is 13.8. The highest BCUT2D eigenvalue weighted by atomic mass is 35.5. The Bertz CT molecular complexity index is 705. The van der Waals surface area contributed by atoms with Gasteiger partial charge in [0, 0.05) is 11.3 Å². The number of benzene rings is 1. The number of carbonyl (C=O) groups excluding carboxylic acids is 1. The largest absolute Gasteiger partial charge is 0.480 e. The molecule has 0 bridgehead atoms. The lowest BCUT2D eigenvalue weighted by Gasteiger charge is -2.20. The van der Waals surface area contributed by atoms with Crippen LogP contribution in [-0.2, 0) is 10.4 Å². The lowest BCUT2D eigenvalue weighted by atomic mass is 9.91. The zero-order valence-corrected chi connectivity index (χ0v) is 11.3. The molecule has 2 heterocycles. The third-order valence-corrected chi connectivity index (χ3v) is 3.56. The Morgan fingerprint density at radius 2 is 2.05 bits per heavy atom. The van der Waals surface area contributed by atoms with Crippen molar-refractivity contribution in [2.75, 3.05) is 12.4 Å². The minimum atomic E-state index is -1.84. The normalized spacial score (nSPS) is 20.4. The first-order valence-corrected chi connectivity index (χ1v) is 6.29. The maximum atomic E-state index is 12.2. The summed E-state index contributed by atoms with van der Waals surface area (Å²) >= 11 is 5.92. The zero-order valence-electron chi connectivity index (χ0n) is 10.6. The van der Waals surface area contributed by atoms with Gasteiger partial charge in [-0.05, 0) is 18.2 Å². The summed E-state index contributed by atoms with van der Waals surface area (Å²) < 4.78 is 5.03. The highest BCUT2D eigenvalue weighted by molar-refractivity contribution is 6.31. The number of hydrogen-bond acceptors (Lipinski definition) is 4. The van der Waals surface area contributed by atoms with E-state index >= 15 is 0 Å². The second-order valence-corrected chi connectivity index (χ2v) is 4.80. The predicted octanol–water partition coefficient (Wildman–Crippen LogP) is 1.93. The number of rotatable bonds is 2. The predicted molar refractivity (Wildman–Crippen MR) is 73.9 cm³/mol. The van der Waals surface area contributed by atoms with Crippen LogP contribution >= 0.6 is 11.6 Å². The molecule has 1 aromatic heterocycles. The van der Waals surface area contributed by atoms with Gasteiger partial charge < -0.3 is 15.2 Å². The first kappa shape index (κ1) is 12.9. The molecule has 5 nitrogen and oxygen atoms in total. The number of aromatic nitrogens is 1. The van der Waals surface area contributed by atoms with Crippen molar-refractivity contribution in [2.24, 2.45) is 0 Å². The number of fused-ring (bicyclic) bond motifs is 1. The van der Waals surface area contributed by atoms with Crippen LogP contribution in [0.4, 0.5) is 5.69 Å². The minimum absolute atomic E-state index is 0.162. The van der Waals surface area contributed by atoms with Gasteiger partial charge in [-0.1, -0.05) is 29.8 Å². The van der Waals surface area contributed by atoms with Crippen LogP contribution < -0.4 is 10.1 Å². The molecule has 0 radical (unpaired) electrons. The molecule has 20 heavy (non-hydrogen) atoms. The van der Waals surface area contributed by atoms with Crippen molar-refractivity contribution in [1.82, 2.24) is 4.98 Å². The van der Waals surface area contributed by atoms with Gasteiger partial charge in [-0.15, -0.1) is 0 Å². The third kappa shape index (κ3) is 1.67. The fourth-order valence-electron chi connectivity index (χ4n) is 2.27. The second-order valence-electron chi connectivity index (χ2n) is 4.40. The molecular weight excluding hydrogens is 280 g/mol. The topological polar surface area (TPSA) is 71.5 Å². The fourth-order valence-corrected chi connectivity index (χ4v) is 2.45. The van der Waals surface area contributed by atoms with Crippen molar-refractivity contribution >= 4 is 23.2 Å². The molecule has 6 heteroatoms. The van der Waals surface area contributed by atoms with Crippen molar-refractivity contribution in [3.8, 4) is 5.88 Å². The molecule has 2 N–H and O–H groups in total. The number of ether oxygens (including phenoxy) is 1. The van der Waals surface area contributed by atoms with Gasteiger partial charge in [0.25, 0.3) is 5.91 Å². The fraction of sp³-hybridized carbons (Fsp3) is 0.143. The van der Waals surface area contributed by atoms with E-state index in [0.29, 0.717) is 16.3 Å². The van der Waals surface area contributed by atoms with Crippen LogP contribution in [-0.4, -0.2) is 23.1 Å². The Morgan fingerprint density at radius 1 is 1.30 bits per heavy atom. The second kappa shape index (κ2) is 4.47. The van der Waals surface area contributed by atoms with Crippen molar-refractivity contribution in [3.05, 3.63) is 52.7 Å². The molecular formula is C14H11ClN2O3. The summed E-state index contributed by atoms with van der Waals surface area (Å²) in [7, 11) is 1.42. The van der Waals surface area contributed by atoms with Crippen molar-refractivity contribution in [3.63, 3.8) is 0 Å². The summed E-state index contributed by atoms with van der Waals surface area (Å²) in [6.07, 6.45) is 0. The number of nitrogens with zero attached hydrogens (tertiary/aromatic N) is 1. The van der Waals surface area contributed by atoms with Crippen LogP contribution in [0.5, 0.6) is 5.88 Å². The average Bonchev–Trinajstić information content (AvgIpc) is 2.72. The van der Waals surface area contributed by atoms with Crippen LogP contribution in [0.25, 0.3) is 0 Å². The third-order valence-electron chi connectivity index (χ3n) is 3.27. The molecule has 0 fully saturated rings. The van der Waals surface area contributed by atoms with E-state index in [1.165, 1.54) is 19.2 Å². The van der Waals surface area contributed by atoms with E-state index < -0.39 is 11.5 Å². The summed E-state index contributed by atoms with van der Waals surface area (Å²) in [5.41, 5.74) is -0.646. The zero-order chi connectivity index (χ0) is 14.3. The van der Waals surface area contributed by atoms with Gasteiger partial charge >= 0.3 is 0 Å². The summed E-state index contributed by atoms with van der Waals surface area (Å²) in [6.45, 7) is 0. The molecule has 0 saturated heterocycles. The molecule has 1 aliphatic rings. The number of methoxy groups -OCH3 is 1. The number of anilines is 1. The number of carbonyl (C=O) groups is 1. The lowest BCUT2D eigenvalue weighted by Crippen LogP contribution is -2.36. The Hall–Kier alpha value is -2.11. The summed E-state index contributed by atoms with van der Waals surface area (Å²) in [4.78, 5) is 16.3. The van der Waals surface area contributed by atoms with E-state index in [9.17, 15) is 9.90 Å². The van der Waals surface area contributed by atoms with Gasteiger partial charge in [0.2, 0.25) is 11.5 Å². The standard InChI is InChI=1S/C14H11ClN2O3/c1-20-12-9(15)6-7-11(17-12)14(19)8-4-2-3-5-10(8)16-13(14)18/h2-7,19H,1H3,(H,16,18). The molecule has 1 amide bonds. The summed E-state index contributed by atoms with van der Waals surface area (Å²) in [5.74, 6) is -0.384. The van der Waals surface area contributed by atoms with Crippen LogP contribution in [0, 0.1) is 0 Å².